The number of hydrogen-bond donors (Lipinski definition) is 0. The number of piperazine rings is 1. The van der Waals surface area contributed by atoms with Crippen LogP contribution >= 0.6 is 0 Å². The van der Waals surface area contributed by atoms with Crippen LogP contribution in [0.25, 0.3) is 11.3 Å². The topological polar surface area (TPSA) is 72.4 Å². The smallest absolute Gasteiger partial charge is 0.549 e. The number of carbonyl (C=O) groups excluding carboxylic acids is 1. The van der Waals surface area contributed by atoms with E-state index in [0.29, 0.717) is 13.1 Å². The van der Waals surface area contributed by atoms with Crippen LogP contribution in [0, 0.1) is 6.92 Å². The van der Waals surface area contributed by atoms with Crippen molar-refractivity contribution in [1.29, 1.82) is 0 Å². The molecule has 1 aliphatic rings. The van der Waals surface area contributed by atoms with Gasteiger partial charge in [0, 0.05) is 38.3 Å². The summed E-state index contributed by atoms with van der Waals surface area (Å²) in [6.07, 6.45) is 3.54. The van der Waals surface area contributed by atoms with Gasteiger partial charge in [-0.2, -0.15) is 0 Å². The fraction of sp³-hybridized carbons (Fsp3) is 0.353. The number of rotatable bonds is 4. The maximum atomic E-state index is 10.7. The van der Waals surface area contributed by atoms with Crippen molar-refractivity contribution in [3.05, 3.63) is 42.2 Å². The summed E-state index contributed by atoms with van der Waals surface area (Å²) >= 11 is 0. The number of benzene rings is 1. The Morgan fingerprint density at radius 2 is 1.88 bits per heavy atom. The molecule has 0 N–H and O–H groups in total. The zero-order valence-electron chi connectivity index (χ0n) is 14.1. The summed E-state index contributed by atoms with van der Waals surface area (Å²) in [6, 6.07) is 8.10. The Kier molecular flexibility index (Phi) is 6.74. The van der Waals surface area contributed by atoms with Crippen molar-refractivity contribution >= 4 is 11.8 Å². The molecule has 0 amide bonds. The van der Waals surface area contributed by atoms with Gasteiger partial charge in [0.2, 0.25) is 0 Å². The minimum atomic E-state index is -1.03. The molecule has 0 atom stereocenters. The number of anilines is 1. The quantitative estimate of drug-likeness (QED) is 0.568. The largest absolute Gasteiger partial charge is 1.00 e. The number of hydrogen-bond acceptors (Lipinski definition) is 6. The summed E-state index contributed by atoms with van der Waals surface area (Å²) in [7, 11) is 0. The molecule has 0 saturated carbocycles. The number of aliphatic carboxylic acids is 1. The number of carboxylic acid groups (broad SMARTS) is 1. The van der Waals surface area contributed by atoms with E-state index >= 15 is 0 Å². The van der Waals surface area contributed by atoms with Crippen molar-refractivity contribution in [2.24, 2.45) is 0 Å². The molecule has 0 bridgehead atoms. The fourth-order valence-corrected chi connectivity index (χ4v) is 2.82. The summed E-state index contributed by atoms with van der Waals surface area (Å²) in [4.78, 5) is 23.7. The average Bonchev–Trinajstić information content (AvgIpc) is 2.55. The predicted molar refractivity (Wildman–Crippen MR) is 85.9 cm³/mol. The first-order valence-electron chi connectivity index (χ1n) is 7.68. The molecule has 0 aliphatic carbocycles. The van der Waals surface area contributed by atoms with Crippen LogP contribution in [0.3, 0.4) is 0 Å². The Morgan fingerprint density at radius 3 is 2.54 bits per heavy atom. The van der Waals surface area contributed by atoms with Gasteiger partial charge in [0.15, 0.2) is 0 Å². The molecule has 0 radical (unpaired) electrons. The van der Waals surface area contributed by atoms with Gasteiger partial charge in [0.1, 0.15) is 5.82 Å². The summed E-state index contributed by atoms with van der Waals surface area (Å²) < 4.78 is 0. The third-order valence-corrected chi connectivity index (χ3v) is 4.09. The van der Waals surface area contributed by atoms with Crippen molar-refractivity contribution in [2.75, 3.05) is 37.6 Å². The summed E-state index contributed by atoms with van der Waals surface area (Å²) in [6.45, 7) is 4.89. The third-order valence-electron chi connectivity index (χ3n) is 4.09. The van der Waals surface area contributed by atoms with E-state index < -0.39 is 5.97 Å². The van der Waals surface area contributed by atoms with E-state index in [2.05, 4.69) is 22.9 Å². The van der Waals surface area contributed by atoms with Gasteiger partial charge in [-0.1, -0.05) is 24.3 Å². The third kappa shape index (κ3) is 4.54. The molecular weight excluding hydrogens is 315 g/mol. The summed E-state index contributed by atoms with van der Waals surface area (Å²) in [5.74, 6) is -0.196. The Balaban J connectivity index is 0.00000208. The SMILES string of the molecule is Cc1ccccc1-c1cncc(N2CCN(CC(=O)[O-])CC2)n1.[Na+]. The number of nitrogens with zero attached hydrogens (tertiary/aromatic N) is 4. The van der Waals surface area contributed by atoms with Crippen LogP contribution in [0.2, 0.25) is 0 Å². The van der Waals surface area contributed by atoms with Crippen LogP contribution < -0.4 is 39.6 Å². The van der Waals surface area contributed by atoms with Crippen LogP contribution in [0.15, 0.2) is 36.7 Å². The van der Waals surface area contributed by atoms with E-state index in [4.69, 9.17) is 4.98 Å². The first-order chi connectivity index (χ1) is 11.1. The molecule has 1 saturated heterocycles. The van der Waals surface area contributed by atoms with Crippen LogP contribution in [0.5, 0.6) is 0 Å². The van der Waals surface area contributed by atoms with Gasteiger partial charge < -0.3 is 14.8 Å². The second kappa shape index (κ2) is 8.58. The maximum Gasteiger partial charge on any atom is 1.00 e. The molecule has 24 heavy (non-hydrogen) atoms. The van der Waals surface area contributed by atoms with E-state index in [1.807, 2.05) is 23.1 Å². The van der Waals surface area contributed by atoms with Gasteiger partial charge in [-0.3, -0.25) is 9.88 Å². The summed E-state index contributed by atoms with van der Waals surface area (Å²) in [5, 5.41) is 10.7. The van der Waals surface area contributed by atoms with Crippen LogP contribution in [-0.4, -0.2) is 53.6 Å². The zero-order chi connectivity index (χ0) is 16.2. The first kappa shape index (κ1) is 18.9. The van der Waals surface area contributed by atoms with E-state index in [1.54, 1.807) is 12.4 Å². The second-order valence-corrected chi connectivity index (χ2v) is 5.71. The van der Waals surface area contributed by atoms with Gasteiger partial charge in [-0.25, -0.2) is 4.98 Å². The minimum absolute atomic E-state index is 0. The Bertz CT molecular complexity index is 702. The molecule has 1 aliphatic heterocycles. The van der Waals surface area contributed by atoms with Gasteiger partial charge in [0.25, 0.3) is 0 Å². The number of carboxylic acids is 1. The van der Waals surface area contributed by atoms with E-state index in [1.165, 1.54) is 0 Å². The Labute approximate surface area is 163 Å². The standard InChI is InChI=1S/C17H20N4O2.Na/c1-13-4-2-3-5-14(13)15-10-18-11-16(19-15)21-8-6-20(7-9-21)12-17(22)23;/h2-5,10-11H,6-9,12H2,1H3,(H,22,23);/q;+1/p-1. The molecular formula is C17H19N4NaO2. The van der Waals surface area contributed by atoms with Crippen molar-refractivity contribution in [2.45, 2.75) is 6.92 Å². The van der Waals surface area contributed by atoms with Crippen molar-refractivity contribution in [3.63, 3.8) is 0 Å². The Morgan fingerprint density at radius 1 is 1.17 bits per heavy atom. The molecule has 1 aromatic heterocycles. The normalized spacial score (nSPS) is 15.0. The number of carbonyl (C=O) groups is 1. The van der Waals surface area contributed by atoms with E-state index in [0.717, 1.165) is 35.7 Å². The van der Waals surface area contributed by atoms with Crippen LogP contribution in [0.4, 0.5) is 5.82 Å². The Hall–Kier alpha value is -1.47. The van der Waals surface area contributed by atoms with Crippen LogP contribution in [0.1, 0.15) is 5.56 Å². The summed E-state index contributed by atoms with van der Waals surface area (Å²) in [5.41, 5.74) is 3.10. The molecule has 0 spiro atoms. The predicted octanol–water partition coefficient (Wildman–Crippen LogP) is -2.67. The molecule has 1 aromatic carbocycles. The van der Waals surface area contributed by atoms with Crippen molar-refractivity contribution in [3.8, 4) is 11.3 Å². The number of aryl methyl sites for hydroxylation is 1. The molecule has 1 fully saturated rings. The van der Waals surface area contributed by atoms with Crippen molar-refractivity contribution < 1.29 is 39.5 Å². The first-order valence-corrected chi connectivity index (χ1v) is 7.68. The van der Waals surface area contributed by atoms with Crippen LogP contribution in [-0.2, 0) is 4.79 Å². The molecule has 0 unspecified atom stereocenters. The molecule has 2 aromatic rings. The van der Waals surface area contributed by atoms with E-state index in [9.17, 15) is 9.90 Å². The molecule has 3 rings (SSSR count). The van der Waals surface area contributed by atoms with Gasteiger partial charge in [0.05, 0.1) is 24.1 Å². The monoisotopic (exact) mass is 334 g/mol. The van der Waals surface area contributed by atoms with Gasteiger partial charge >= 0.3 is 29.6 Å². The second-order valence-electron chi connectivity index (χ2n) is 5.71. The van der Waals surface area contributed by atoms with Gasteiger partial charge in [-0.15, -0.1) is 0 Å². The molecule has 6 nitrogen and oxygen atoms in total. The van der Waals surface area contributed by atoms with Crippen molar-refractivity contribution in [1.82, 2.24) is 14.9 Å². The number of aromatic nitrogens is 2. The maximum absolute atomic E-state index is 10.7. The minimum Gasteiger partial charge on any atom is -0.549 e. The molecule has 120 valence electrons. The fourth-order valence-electron chi connectivity index (χ4n) is 2.82. The molecule has 2 heterocycles. The average molecular weight is 334 g/mol. The molecule has 7 heteroatoms. The van der Waals surface area contributed by atoms with Gasteiger partial charge in [-0.05, 0) is 12.5 Å². The zero-order valence-corrected chi connectivity index (χ0v) is 16.1. The van der Waals surface area contributed by atoms with E-state index in [-0.39, 0.29) is 36.1 Å².